The molecular weight excluding hydrogens is 94.9 g/mol. The SMILES string of the molecule is CC=BC(C)C(C)C. The van der Waals surface area contributed by atoms with Gasteiger partial charge in [0.1, 0.15) is 0 Å². The monoisotopic (exact) mass is 110 g/mol. The number of hydrogen-bond acceptors (Lipinski definition) is 0. The zero-order valence-electron chi connectivity index (χ0n) is 6.31. The van der Waals surface area contributed by atoms with E-state index in [0.29, 0.717) is 0 Å². The summed E-state index contributed by atoms with van der Waals surface area (Å²) in [7, 11) is 0. The second-order valence-electron chi connectivity index (χ2n) is 2.63. The predicted molar refractivity (Wildman–Crippen MR) is 41.8 cm³/mol. The van der Waals surface area contributed by atoms with Crippen LogP contribution < -0.4 is 0 Å². The first-order valence-corrected chi connectivity index (χ1v) is 3.31. The second-order valence-corrected chi connectivity index (χ2v) is 2.63. The average Bonchev–Trinajstić information content (AvgIpc) is 1.67. The minimum atomic E-state index is 0.736. The van der Waals surface area contributed by atoms with Crippen molar-refractivity contribution >= 4 is 12.9 Å². The average molecular weight is 110 g/mol. The van der Waals surface area contributed by atoms with E-state index in [2.05, 4.69) is 40.6 Å². The van der Waals surface area contributed by atoms with Gasteiger partial charge in [0.15, 0.2) is 0 Å². The van der Waals surface area contributed by atoms with Crippen LogP contribution in [0.4, 0.5) is 0 Å². The van der Waals surface area contributed by atoms with Crippen LogP contribution in [0.15, 0.2) is 0 Å². The van der Waals surface area contributed by atoms with Crippen molar-refractivity contribution in [2.24, 2.45) is 5.92 Å². The molecule has 0 saturated heterocycles. The van der Waals surface area contributed by atoms with Gasteiger partial charge in [-0.2, -0.15) is 0 Å². The van der Waals surface area contributed by atoms with E-state index in [9.17, 15) is 0 Å². The van der Waals surface area contributed by atoms with Gasteiger partial charge in [0.2, 0.25) is 0 Å². The Balaban J connectivity index is 3.47. The number of hydrogen-bond donors (Lipinski definition) is 0. The minimum absolute atomic E-state index is 0.736. The van der Waals surface area contributed by atoms with E-state index in [-0.39, 0.29) is 0 Å². The summed E-state index contributed by atoms with van der Waals surface area (Å²) in [6.45, 7) is 11.0. The Bertz CT molecular complexity index is 74.5. The Kier molecular flexibility index (Phi) is 3.85. The molecule has 0 radical (unpaired) electrons. The summed E-state index contributed by atoms with van der Waals surface area (Å²) in [5, 5.41) is 0. The summed E-state index contributed by atoms with van der Waals surface area (Å²) < 4.78 is 0. The van der Waals surface area contributed by atoms with Crippen molar-refractivity contribution in [2.45, 2.75) is 33.5 Å². The van der Waals surface area contributed by atoms with Crippen LogP contribution in [-0.2, 0) is 0 Å². The topological polar surface area (TPSA) is 0 Å². The van der Waals surface area contributed by atoms with Crippen molar-refractivity contribution in [3.8, 4) is 0 Å². The van der Waals surface area contributed by atoms with Gasteiger partial charge < -0.3 is 0 Å². The van der Waals surface area contributed by atoms with Crippen LogP contribution in [0.2, 0.25) is 5.82 Å². The normalized spacial score (nSPS) is 14.6. The van der Waals surface area contributed by atoms with Gasteiger partial charge in [-0.3, -0.25) is 0 Å². The molecule has 0 aliphatic carbocycles. The predicted octanol–water partition coefficient (Wildman–Crippen LogP) is 1.98. The molecule has 0 bridgehead atoms. The fourth-order valence-electron chi connectivity index (χ4n) is 0.526. The number of rotatable bonds is 2. The van der Waals surface area contributed by atoms with Crippen LogP contribution in [-0.4, -0.2) is 12.9 Å². The Morgan fingerprint density at radius 2 is 1.75 bits per heavy atom. The summed E-state index contributed by atoms with van der Waals surface area (Å²) in [5.41, 5.74) is 0. The maximum absolute atomic E-state index is 2.24. The summed E-state index contributed by atoms with van der Waals surface area (Å²) in [4.78, 5) is 0. The molecule has 8 heavy (non-hydrogen) atoms. The van der Waals surface area contributed by atoms with E-state index in [1.807, 2.05) is 0 Å². The van der Waals surface area contributed by atoms with E-state index < -0.39 is 0 Å². The third-order valence-electron chi connectivity index (χ3n) is 1.55. The molecule has 0 amide bonds. The van der Waals surface area contributed by atoms with Crippen molar-refractivity contribution in [1.82, 2.24) is 0 Å². The fraction of sp³-hybridized carbons (Fsp3) is 0.857. The Labute approximate surface area is 53.2 Å². The van der Waals surface area contributed by atoms with Gasteiger partial charge in [-0.1, -0.05) is 0 Å². The first kappa shape index (κ1) is 7.93. The molecule has 0 nitrogen and oxygen atoms in total. The summed E-state index contributed by atoms with van der Waals surface area (Å²) in [6.07, 6.45) is 0. The van der Waals surface area contributed by atoms with Crippen molar-refractivity contribution in [3.05, 3.63) is 0 Å². The quantitative estimate of drug-likeness (QED) is 0.476. The summed E-state index contributed by atoms with van der Waals surface area (Å²) in [6, 6.07) is 0. The first-order chi connectivity index (χ1) is 3.68. The van der Waals surface area contributed by atoms with E-state index in [1.165, 1.54) is 0 Å². The van der Waals surface area contributed by atoms with E-state index in [0.717, 1.165) is 11.7 Å². The molecule has 0 aromatic heterocycles. The van der Waals surface area contributed by atoms with Crippen LogP contribution in [0.25, 0.3) is 0 Å². The van der Waals surface area contributed by atoms with Crippen molar-refractivity contribution in [2.75, 3.05) is 0 Å². The Hall–Kier alpha value is -0.0651. The van der Waals surface area contributed by atoms with Crippen LogP contribution in [0, 0.1) is 5.92 Å². The van der Waals surface area contributed by atoms with Crippen LogP contribution in [0.1, 0.15) is 27.7 Å². The standard InChI is InChI=1S/C7H15B/c1-5-8-7(4)6(2)3/h5-7H,1-4H3. The molecular formula is C7H15B. The van der Waals surface area contributed by atoms with E-state index in [1.54, 1.807) is 0 Å². The molecule has 0 aliphatic rings. The molecule has 1 heteroatoms. The molecule has 0 aromatic carbocycles. The van der Waals surface area contributed by atoms with Gasteiger partial charge in [0.05, 0.1) is 0 Å². The van der Waals surface area contributed by atoms with E-state index in [4.69, 9.17) is 0 Å². The molecule has 0 N–H and O–H groups in total. The van der Waals surface area contributed by atoms with Crippen LogP contribution >= 0.6 is 0 Å². The molecule has 0 aliphatic heterocycles. The molecule has 0 heterocycles. The van der Waals surface area contributed by atoms with Crippen LogP contribution in [0.5, 0.6) is 0 Å². The third kappa shape index (κ3) is 3.01. The van der Waals surface area contributed by atoms with Gasteiger partial charge in [0, 0.05) is 0 Å². The molecule has 46 valence electrons. The fourth-order valence-corrected chi connectivity index (χ4v) is 0.526. The molecule has 1 atom stereocenters. The summed E-state index contributed by atoms with van der Waals surface area (Å²) >= 11 is 0. The van der Waals surface area contributed by atoms with Crippen molar-refractivity contribution < 1.29 is 0 Å². The van der Waals surface area contributed by atoms with Gasteiger partial charge in [-0.05, 0) is 0 Å². The van der Waals surface area contributed by atoms with Crippen molar-refractivity contribution in [3.63, 3.8) is 0 Å². The Morgan fingerprint density at radius 1 is 1.25 bits per heavy atom. The van der Waals surface area contributed by atoms with Gasteiger partial charge in [-0.15, -0.1) is 0 Å². The zero-order chi connectivity index (χ0) is 6.57. The van der Waals surface area contributed by atoms with Crippen LogP contribution in [0.3, 0.4) is 0 Å². The molecule has 1 unspecified atom stereocenters. The Morgan fingerprint density at radius 3 is 1.88 bits per heavy atom. The first-order valence-electron chi connectivity index (χ1n) is 3.31. The molecule has 0 aromatic rings. The summed E-state index contributed by atoms with van der Waals surface area (Å²) in [5.74, 6) is 3.64. The van der Waals surface area contributed by atoms with Gasteiger partial charge in [-0.25, -0.2) is 0 Å². The van der Waals surface area contributed by atoms with Gasteiger partial charge >= 0.3 is 52.3 Å². The molecule has 0 fully saturated rings. The molecule has 0 spiro atoms. The maximum atomic E-state index is 2.24. The molecule has 0 rings (SSSR count). The zero-order valence-corrected chi connectivity index (χ0v) is 6.31. The molecule has 0 saturated carbocycles. The van der Waals surface area contributed by atoms with E-state index >= 15 is 0 Å². The van der Waals surface area contributed by atoms with Gasteiger partial charge in [0.25, 0.3) is 0 Å². The second kappa shape index (κ2) is 3.88. The van der Waals surface area contributed by atoms with Crippen molar-refractivity contribution in [1.29, 1.82) is 0 Å². The third-order valence-corrected chi connectivity index (χ3v) is 1.55.